The lowest BCUT2D eigenvalue weighted by molar-refractivity contribution is -0.116. The predicted octanol–water partition coefficient (Wildman–Crippen LogP) is 3.75. The Kier molecular flexibility index (Phi) is 5.94. The van der Waals surface area contributed by atoms with E-state index in [0.717, 1.165) is 27.1 Å². The third kappa shape index (κ3) is 4.67. The number of carbonyl (C=O) groups is 1. The number of carbonyl (C=O) groups excluding carboxylic acids is 1. The lowest BCUT2D eigenvalue weighted by atomic mass is 10.1. The van der Waals surface area contributed by atoms with Gasteiger partial charge in [-0.15, -0.1) is 0 Å². The average Bonchev–Trinajstić information content (AvgIpc) is 2.79. The molecule has 0 aliphatic carbocycles. The summed E-state index contributed by atoms with van der Waals surface area (Å²) in [6, 6.07) is 9.63. The fourth-order valence-corrected chi connectivity index (χ4v) is 2.73. The molecule has 0 radical (unpaired) electrons. The van der Waals surface area contributed by atoms with Gasteiger partial charge in [0.2, 0.25) is 5.91 Å². The number of nitrogens with one attached hydrogen (secondary N) is 1. The molecule has 0 unspecified atom stereocenters. The number of nitriles is 1. The fraction of sp³-hybridized carbons (Fsp3) is 0.353. The lowest BCUT2D eigenvalue weighted by Gasteiger charge is -2.06. The SMILES string of the molecule is Cc1nn(CCC#N)c(C)c1CCC(=O)Nc1ccc(Br)cc1. The molecule has 0 fully saturated rings. The Bertz CT molecular complexity index is 728. The summed E-state index contributed by atoms with van der Waals surface area (Å²) in [6.07, 6.45) is 1.49. The van der Waals surface area contributed by atoms with Gasteiger partial charge in [0.05, 0.1) is 24.7 Å². The van der Waals surface area contributed by atoms with Gasteiger partial charge in [-0.05, 0) is 50.1 Å². The van der Waals surface area contributed by atoms with Crippen LogP contribution in [0.1, 0.15) is 29.8 Å². The van der Waals surface area contributed by atoms with E-state index in [-0.39, 0.29) is 5.91 Å². The van der Waals surface area contributed by atoms with Crippen LogP contribution >= 0.6 is 15.9 Å². The highest BCUT2D eigenvalue weighted by Crippen LogP contribution is 2.17. The van der Waals surface area contributed by atoms with Gasteiger partial charge in [0.25, 0.3) is 0 Å². The second kappa shape index (κ2) is 7.93. The van der Waals surface area contributed by atoms with Crippen molar-refractivity contribution in [2.24, 2.45) is 0 Å². The van der Waals surface area contributed by atoms with Crippen LogP contribution in [0, 0.1) is 25.2 Å². The Morgan fingerprint density at radius 1 is 1.35 bits per heavy atom. The summed E-state index contributed by atoms with van der Waals surface area (Å²) in [4.78, 5) is 12.1. The number of rotatable bonds is 6. The number of halogens is 1. The van der Waals surface area contributed by atoms with Gasteiger partial charge < -0.3 is 5.32 Å². The topological polar surface area (TPSA) is 70.7 Å². The largest absolute Gasteiger partial charge is 0.326 e. The summed E-state index contributed by atoms with van der Waals surface area (Å²) in [5.41, 5.74) is 3.84. The summed E-state index contributed by atoms with van der Waals surface area (Å²) in [5, 5.41) is 16.0. The van der Waals surface area contributed by atoms with Gasteiger partial charge in [0.15, 0.2) is 0 Å². The van der Waals surface area contributed by atoms with Crippen molar-refractivity contribution in [2.75, 3.05) is 5.32 Å². The van der Waals surface area contributed by atoms with Crippen molar-refractivity contribution in [1.29, 1.82) is 5.26 Å². The van der Waals surface area contributed by atoms with Crippen molar-refractivity contribution in [3.8, 4) is 6.07 Å². The zero-order chi connectivity index (χ0) is 16.8. The van der Waals surface area contributed by atoms with Crippen LogP contribution in [-0.2, 0) is 17.8 Å². The van der Waals surface area contributed by atoms with Gasteiger partial charge in [0, 0.05) is 22.3 Å². The Labute approximate surface area is 144 Å². The Morgan fingerprint density at radius 3 is 2.70 bits per heavy atom. The van der Waals surface area contributed by atoms with E-state index in [2.05, 4.69) is 32.4 Å². The van der Waals surface area contributed by atoms with E-state index in [4.69, 9.17) is 5.26 Å². The van der Waals surface area contributed by atoms with Gasteiger partial charge in [-0.2, -0.15) is 10.4 Å². The van der Waals surface area contributed by atoms with Crippen LogP contribution in [0.5, 0.6) is 0 Å². The fourth-order valence-electron chi connectivity index (χ4n) is 2.46. The lowest BCUT2D eigenvalue weighted by Crippen LogP contribution is -2.12. The number of hydrogen-bond donors (Lipinski definition) is 1. The number of aromatic nitrogens is 2. The molecule has 1 aromatic heterocycles. The van der Waals surface area contributed by atoms with E-state index in [1.807, 2.05) is 42.8 Å². The number of anilines is 1. The first-order valence-electron chi connectivity index (χ1n) is 7.46. The van der Waals surface area contributed by atoms with Crippen molar-refractivity contribution < 1.29 is 4.79 Å². The highest BCUT2D eigenvalue weighted by Gasteiger charge is 2.13. The highest BCUT2D eigenvalue weighted by molar-refractivity contribution is 9.10. The van der Waals surface area contributed by atoms with Crippen LogP contribution < -0.4 is 5.32 Å². The molecule has 0 aliphatic heterocycles. The van der Waals surface area contributed by atoms with E-state index in [1.165, 1.54) is 0 Å². The minimum Gasteiger partial charge on any atom is -0.326 e. The van der Waals surface area contributed by atoms with Gasteiger partial charge in [0.1, 0.15) is 0 Å². The zero-order valence-electron chi connectivity index (χ0n) is 13.3. The summed E-state index contributed by atoms with van der Waals surface area (Å²) in [6.45, 7) is 4.52. The third-order valence-electron chi connectivity index (χ3n) is 3.70. The average molecular weight is 375 g/mol. The van der Waals surface area contributed by atoms with E-state index in [0.29, 0.717) is 25.8 Å². The van der Waals surface area contributed by atoms with Crippen LogP contribution in [0.3, 0.4) is 0 Å². The molecule has 0 saturated carbocycles. The quantitative estimate of drug-likeness (QED) is 0.836. The van der Waals surface area contributed by atoms with Crippen LogP contribution in [0.25, 0.3) is 0 Å². The Hall–Kier alpha value is -2.13. The van der Waals surface area contributed by atoms with Crippen molar-refractivity contribution in [2.45, 2.75) is 39.7 Å². The first-order valence-corrected chi connectivity index (χ1v) is 8.26. The molecule has 0 spiro atoms. The van der Waals surface area contributed by atoms with Crippen LogP contribution in [-0.4, -0.2) is 15.7 Å². The maximum atomic E-state index is 12.1. The zero-order valence-corrected chi connectivity index (χ0v) is 14.9. The molecule has 2 rings (SSSR count). The molecule has 0 atom stereocenters. The van der Waals surface area contributed by atoms with Crippen molar-refractivity contribution >= 4 is 27.5 Å². The van der Waals surface area contributed by atoms with E-state index >= 15 is 0 Å². The normalized spacial score (nSPS) is 10.3. The summed E-state index contributed by atoms with van der Waals surface area (Å²) in [5.74, 6) is -0.0177. The van der Waals surface area contributed by atoms with Crippen LogP contribution in [0.15, 0.2) is 28.7 Å². The minimum atomic E-state index is -0.0177. The summed E-state index contributed by atoms with van der Waals surface area (Å²) < 4.78 is 2.83. The maximum absolute atomic E-state index is 12.1. The molecule has 1 aromatic carbocycles. The number of hydrogen-bond acceptors (Lipinski definition) is 3. The van der Waals surface area contributed by atoms with Gasteiger partial charge >= 0.3 is 0 Å². The molecular weight excluding hydrogens is 356 g/mol. The molecule has 1 N–H and O–H groups in total. The molecule has 0 saturated heterocycles. The van der Waals surface area contributed by atoms with Crippen molar-refractivity contribution in [1.82, 2.24) is 9.78 Å². The number of aryl methyl sites for hydroxylation is 2. The van der Waals surface area contributed by atoms with Crippen molar-refractivity contribution in [3.63, 3.8) is 0 Å². The Balaban J connectivity index is 1.95. The molecule has 0 bridgehead atoms. The standard InChI is InChI=1S/C17H19BrN4O/c1-12-16(13(2)22(21-12)11-3-10-19)8-9-17(23)20-15-6-4-14(18)5-7-15/h4-7H,3,8-9,11H2,1-2H3,(H,20,23). The predicted molar refractivity (Wildman–Crippen MR) is 93.0 cm³/mol. The molecule has 6 heteroatoms. The van der Waals surface area contributed by atoms with E-state index < -0.39 is 0 Å². The van der Waals surface area contributed by atoms with Gasteiger partial charge in [-0.25, -0.2) is 0 Å². The summed E-state index contributed by atoms with van der Waals surface area (Å²) >= 11 is 3.37. The van der Waals surface area contributed by atoms with Crippen LogP contribution in [0.4, 0.5) is 5.69 Å². The molecule has 23 heavy (non-hydrogen) atoms. The van der Waals surface area contributed by atoms with Gasteiger partial charge in [-0.3, -0.25) is 9.48 Å². The first kappa shape index (κ1) is 17.2. The smallest absolute Gasteiger partial charge is 0.224 e. The number of benzene rings is 1. The highest BCUT2D eigenvalue weighted by atomic mass is 79.9. The molecular formula is C17H19BrN4O. The van der Waals surface area contributed by atoms with E-state index in [1.54, 1.807) is 0 Å². The number of nitrogens with zero attached hydrogens (tertiary/aromatic N) is 3. The van der Waals surface area contributed by atoms with Gasteiger partial charge in [-0.1, -0.05) is 15.9 Å². The second-order valence-electron chi connectivity index (χ2n) is 5.34. The monoisotopic (exact) mass is 374 g/mol. The molecule has 0 aliphatic rings. The first-order chi connectivity index (χ1) is 11.0. The molecule has 1 amide bonds. The molecule has 2 aromatic rings. The summed E-state index contributed by atoms with van der Waals surface area (Å²) in [7, 11) is 0. The molecule has 1 heterocycles. The van der Waals surface area contributed by atoms with Crippen LogP contribution in [0.2, 0.25) is 0 Å². The third-order valence-corrected chi connectivity index (χ3v) is 4.23. The van der Waals surface area contributed by atoms with E-state index in [9.17, 15) is 4.79 Å². The maximum Gasteiger partial charge on any atom is 0.224 e. The second-order valence-corrected chi connectivity index (χ2v) is 6.25. The minimum absolute atomic E-state index is 0.0177. The Morgan fingerprint density at radius 2 is 2.04 bits per heavy atom. The number of amides is 1. The molecule has 5 nitrogen and oxygen atoms in total. The van der Waals surface area contributed by atoms with Crippen molar-refractivity contribution in [3.05, 3.63) is 45.7 Å². The molecule has 120 valence electrons.